The normalized spacial score (nSPS) is 14.3. The van der Waals surface area contributed by atoms with Crippen molar-refractivity contribution in [2.24, 2.45) is 0 Å². The summed E-state index contributed by atoms with van der Waals surface area (Å²) < 4.78 is 2.33. The van der Waals surface area contributed by atoms with Crippen molar-refractivity contribution in [1.29, 1.82) is 0 Å². The molecule has 0 atom stereocenters. The molecule has 4 aromatic rings. The van der Waals surface area contributed by atoms with E-state index in [0.717, 1.165) is 34.6 Å². The van der Waals surface area contributed by atoms with E-state index in [9.17, 15) is 4.79 Å². The van der Waals surface area contributed by atoms with E-state index in [-0.39, 0.29) is 5.91 Å². The molecule has 0 saturated carbocycles. The number of hydrogen-bond donors (Lipinski definition) is 2. The molecule has 7 heteroatoms. The summed E-state index contributed by atoms with van der Waals surface area (Å²) in [6, 6.07) is 21.1. The minimum Gasteiger partial charge on any atom is -0.338 e. The summed E-state index contributed by atoms with van der Waals surface area (Å²) in [5, 5.41) is 3.55. The summed E-state index contributed by atoms with van der Waals surface area (Å²) in [7, 11) is 0. The molecule has 5 nitrogen and oxygen atoms in total. The summed E-state index contributed by atoms with van der Waals surface area (Å²) in [6.45, 7) is 1.05. The number of anilines is 2. The predicted octanol–water partition coefficient (Wildman–Crippen LogP) is 6.77. The SMILES string of the molecule is O=C(Nc1ccc(Cl)c(-c2nc3ccccc3[nH]2)c1)c1ccc(N2CCCCCS2)cc1. The van der Waals surface area contributed by atoms with Gasteiger partial charge in [0, 0.05) is 34.8 Å². The molecule has 2 N–H and O–H groups in total. The minimum atomic E-state index is -0.155. The van der Waals surface area contributed by atoms with Crippen LogP contribution in [0.5, 0.6) is 0 Å². The second-order valence-electron chi connectivity index (χ2n) is 7.79. The Labute approximate surface area is 196 Å². The fourth-order valence-electron chi connectivity index (χ4n) is 3.82. The Bertz CT molecular complexity index is 1210. The van der Waals surface area contributed by atoms with E-state index in [0.29, 0.717) is 22.1 Å². The van der Waals surface area contributed by atoms with Gasteiger partial charge in [0.2, 0.25) is 0 Å². The van der Waals surface area contributed by atoms with E-state index in [4.69, 9.17) is 11.6 Å². The number of halogens is 1. The van der Waals surface area contributed by atoms with Crippen LogP contribution in [0.2, 0.25) is 5.02 Å². The predicted molar refractivity (Wildman–Crippen MR) is 135 cm³/mol. The molecule has 162 valence electrons. The first-order valence-corrected chi connectivity index (χ1v) is 12.1. The zero-order chi connectivity index (χ0) is 21.9. The Kier molecular flexibility index (Phi) is 6.06. The Hall–Kier alpha value is -2.96. The highest BCUT2D eigenvalue weighted by Crippen LogP contribution is 2.31. The van der Waals surface area contributed by atoms with Crippen LogP contribution in [-0.4, -0.2) is 28.2 Å². The second-order valence-corrected chi connectivity index (χ2v) is 9.31. The van der Waals surface area contributed by atoms with Crippen molar-refractivity contribution in [2.45, 2.75) is 19.3 Å². The summed E-state index contributed by atoms with van der Waals surface area (Å²) in [5.41, 5.74) is 4.99. The number of carbonyl (C=O) groups excluding carboxylic acids is 1. The number of fused-ring (bicyclic) bond motifs is 1. The van der Waals surface area contributed by atoms with Crippen LogP contribution in [0.15, 0.2) is 66.7 Å². The Morgan fingerprint density at radius 1 is 1.03 bits per heavy atom. The quantitative estimate of drug-likeness (QED) is 0.328. The lowest BCUT2D eigenvalue weighted by molar-refractivity contribution is 0.102. The van der Waals surface area contributed by atoms with Crippen molar-refractivity contribution in [2.75, 3.05) is 21.9 Å². The maximum atomic E-state index is 12.8. The smallest absolute Gasteiger partial charge is 0.255 e. The van der Waals surface area contributed by atoms with Crippen molar-refractivity contribution in [3.8, 4) is 11.4 Å². The third-order valence-electron chi connectivity index (χ3n) is 5.54. The zero-order valence-electron chi connectivity index (χ0n) is 17.5. The average molecular weight is 463 g/mol. The van der Waals surface area contributed by atoms with Gasteiger partial charge in [0.15, 0.2) is 0 Å². The topological polar surface area (TPSA) is 61.0 Å². The van der Waals surface area contributed by atoms with Crippen LogP contribution in [0.1, 0.15) is 29.6 Å². The summed E-state index contributed by atoms with van der Waals surface area (Å²) in [4.78, 5) is 20.8. The number of carbonyl (C=O) groups is 1. The largest absolute Gasteiger partial charge is 0.338 e. The van der Waals surface area contributed by atoms with Crippen molar-refractivity contribution in [3.05, 3.63) is 77.3 Å². The number of para-hydroxylation sites is 2. The monoisotopic (exact) mass is 462 g/mol. The molecular weight excluding hydrogens is 440 g/mol. The van der Waals surface area contributed by atoms with Gasteiger partial charge in [0.25, 0.3) is 5.91 Å². The Morgan fingerprint density at radius 2 is 1.88 bits per heavy atom. The van der Waals surface area contributed by atoms with Crippen LogP contribution in [0.4, 0.5) is 11.4 Å². The van der Waals surface area contributed by atoms with Crippen molar-refractivity contribution >= 4 is 51.9 Å². The van der Waals surface area contributed by atoms with Gasteiger partial charge in [-0.25, -0.2) is 4.98 Å². The first-order chi connectivity index (χ1) is 15.7. The van der Waals surface area contributed by atoms with Gasteiger partial charge in [-0.3, -0.25) is 4.79 Å². The number of aromatic amines is 1. The minimum absolute atomic E-state index is 0.155. The molecular formula is C25H23ClN4OS. The lowest BCUT2D eigenvalue weighted by atomic mass is 10.1. The molecule has 5 rings (SSSR count). The molecule has 1 aliphatic rings. The van der Waals surface area contributed by atoms with E-state index in [2.05, 4.69) is 19.6 Å². The fraction of sp³-hybridized carbons (Fsp3) is 0.200. The van der Waals surface area contributed by atoms with Crippen LogP contribution in [0.3, 0.4) is 0 Å². The summed E-state index contributed by atoms with van der Waals surface area (Å²) in [6.07, 6.45) is 3.75. The van der Waals surface area contributed by atoms with Gasteiger partial charge < -0.3 is 14.6 Å². The molecule has 1 fully saturated rings. The van der Waals surface area contributed by atoms with E-state index in [1.807, 2.05) is 66.5 Å². The number of nitrogens with one attached hydrogen (secondary N) is 2. The lowest BCUT2D eigenvalue weighted by Crippen LogP contribution is -2.15. The highest BCUT2D eigenvalue weighted by Gasteiger charge is 2.14. The fourth-order valence-corrected chi connectivity index (χ4v) is 5.11. The maximum Gasteiger partial charge on any atom is 0.255 e. The molecule has 0 radical (unpaired) electrons. The lowest BCUT2D eigenvalue weighted by Gasteiger charge is -2.21. The molecule has 0 aliphatic carbocycles. The van der Waals surface area contributed by atoms with E-state index < -0.39 is 0 Å². The van der Waals surface area contributed by atoms with Gasteiger partial charge in [-0.05, 0) is 79.4 Å². The van der Waals surface area contributed by atoms with Gasteiger partial charge in [0.05, 0.1) is 16.1 Å². The average Bonchev–Trinajstić information content (AvgIpc) is 3.06. The van der Waals surface area contributed by atoms with Crippen LogP contribution in [-0.2, 0) is 0 Å². The number of hydrogen-bond acceptors (Lipinski definition) is 4. The third kappa shape index (κ3) is 4.47. The maximum absolute atomic E-state index is 12.8. The van der Waals surface area contributed by atoms with Gasteiger partial charge in [0.1, 0.15) is 5.82 Å². The van der Waals surface area contributed by atoms with Crippen LogP contribution < -0.4 is 9.62 Å². The number of nitrogens with zero attached hydrogens (tertiary/aromatic N) is 2. The second kappa shape index (κ2) is 9.27. The van der Waals surface area contributed by atoms with Crippen LogP contribution in [0.25, 0.3) is 22.4 Å². The summed E-state index contributed by atoms with van der Waals surface area (Å²) in [5.74, 6) is 1.66. The van der Waals surface area contributed by atoms with Gasteiger partial charge in [-0.2, -0.15) is 0 Å². The van der Waals surface area contributed by atoms with E-state index in [1.54, 1.807) is 12.1 Å². The van der Waals surface area contributed by atoms with Crippen LogP contribution >= 0.6 is 23.5 Å². The van der Waals surface area contributed by atoms with Gasteiger partial charge in [-0.15, -0.1) is 0 Å². The first-order valence-electron chi connectivity index (χ1n) is 10.7. The molecule has 1 aliphatic heterocycles. The molecule has 32 heavy (non-hydrogen) atoms. The van der Waals surface area contributed by atoms with Crippen molar-refractivity contribution in [3.63, 3.8) is 0 Å². The molecule has 0 bridgehead atoms. The molecule has 0 spiro atoms. The number of imidazole rings is 1. The van der Waals surface area contributed by atoms with E-state index in [1.165, 1.54) is 19.3 Å². The van der Waals surface area contributed by atoms with Crippen molar-refractivity contribution < 1.29 is 4.79 Å². The van der Waals surface area contributed by atoms with Crippen LogP contribution in [0, 0.1) is 0 Å². The molecule has 3 aromatic carbocycles. The highest BCUT2D eigenvalue weighted by molar-refractivity contribution is 8.00. The molecule has 1 amide bonds. The van der Waals surface area contributed by atoms with Gasteiger partial charge >= 0.3 is 0 Å². The molecule has 1 saturated heterocycles. The van der Waals surface area contributed by atoms with Crippen molar-refractivity contribution in [1.82, 2.24) is 9.97 Å². The first kappa shape index (κ1) is 20.9. The van der Waals surface area contributed by atoms with Gasteiger partial charge in [-0.1, -0.05) is 30.2 Å². The number of benzene rings is 3. The summed E-state index contributed by atoms with van der Waals surface area (Å²) >= 11 is 8.30. The van der Waals surface area contributed by atoms with E-state index >= 15 is 0 Å². The Morgan fingerprint density at radius 3 is 2.72 bits per heavy atom. The highest BCUT2D eigenvalue weighted by atomic mass is 35.5. The standard InChI is InChI=1S/C25H23ClN4OS/c26-21-13-10-18(16-20(21)24-28-22-6-2-3-7-23(22)29-24)27-25(31)17-8-11-19(12-9-17)30-14-4-1-5-15-32-30/h2-3,6-13,16H,1,4-5,14-15H2,(H,27,31)(H,28,29). The Balaban J connectivity index is 1.33. The number of amides is 1. The molecule has 1 aromatic heterocycles. The number of aromatic nitrogens is 2. The number of rotatable bonds is 4. The molecule has 2 heterocycles. The zero-order valence-corrected chi connectivity index (χ0v) is 19.0. The number of H-pyrrole nitrogens is 1. The third-order valence-corrected chi connectivity index (χ3v) is 7.04. The molecule has 0 unspecified atom stereocenters.